The largest absolute Gasteiger partial charge is 0.444 e. The Labute approximate surface area is 141 Å². The number of nitrogens with one attached hydrogen (secondary N) is 1. The quantitative estimate of drug-likeness (QED) is 0.921. The third-order valence-corrected chi connectivity index (χ3v) is 4.48. The van der Waals surface area contributed by atoms with E-state index in [1.54, 1.807) is 11.8 Å². The van der Waals surface area contributed by atoms with E-state index in [9.17, 15) is 9.59 Å². The molecule has 1 aliphatic rings. The molecule has 2 amide bonds. The van der Waals surface area contributed by atoms with Crippen molar-refractivity contribution in [3.05, 3.63) is 35.9 Å². The highest BCUT2D eigenvalue weighted by molar-refractivity contribution is 7.99. The molecule has 0 aliphatic carbocycles. The highest BCUT2D eigenvalue weighted by atomic mass is 32.2. The molecule has 23 heavy (non-hydrogen) atoms. The number of amides is 2. The van der Waals surface area contributed by atoms with Gasteiger partial charge in [-0.25, -0.2) is 4.79 Å². The third-order valence-electron chi connectivity index (χ3n) is 3.47. The molecule has 5 nitrogen and oxygen atoms in total. The van der Waals surface area contributed by atoms with Crippen molar-refractivity contribution in [1.29, 1.82) is 0 Å². The minimum atomic E-state index is -0.567. The van der Waals surface area contributed by atoms with Gasteiger partial charge in [0, 0.05) is 5.75 Å². The van der Waals surface area contributed by atoms with E-state index in [1.165, 1.54) is 4.90 Å². The summed E-state index contributed by atoms with van der Waals surface area (Å²) in [7, 11) is 0. The number of thioether (sulfide) groups is 1. The lowest BCUT2D eigenvalue weighted by molar-refractivity contribution is -0.125. The standard InChI is InChI=1S/C17H24N2O3S/c1-12(13-8-6-5-7-9-13)18-15(20)14-10-23-11-19(14)16(21)22-17(2,3)4/h5-9,12,14H,10-11H2,1-4H3,(H,18,20)/t12?,14-/m0/s1. The number of carbonyl (C=O) groups excluding carboxylic acids is 2. The zero-order valence-electron chi connectivity index (χ0n) is 14.0. The number of nitrogens with zero attached hydrogens (tertiary/aromatic N) is 1. The molecule has 1 saturated heterocycles. The first-order valence-corrected chi connectivity index (χ1v) is 8.86. The average Bonchev–Trinajstić information content (AvgIpc) is 2.96. The summed E-state index contributed by atoms with van der Waals surface area (Å²) < 4.78 is 5.39. The van der Waals surface area contributed by atoms with Crippen LogP contribution in [-0.4, -0.2) is 40.2 Å². The Morgan fingerprint density at radius 3 is 2.57 bits per heavy atom. The molecule has 126 valence electrons. The number of hydrogen-bond donors (Lipinski definition) is 1. The van der Waals surface area contributed by atoms with E-state index >= 15 is 0 Å². The summed E-state index contributed by atoms with van der Waals surface area (Å²) in [5.74, 6) is 0.927. The zero-order valence-corrected chi connectivity index (χ0v) is 14.9. The first kappa shape index (κ1) is 17.7. The van der Waals surface area contributed by atoms with E-state index in [0.717, 1.165) is 5.56 Å². The van der Waals surface area contributed by atoms with Crippen LogP contribution in [0.1, 0.15) is 39.3 Å². The first-order chi connectivity index (χ1) is 10.8. The maximum atomic E-state index is 12.5. The fourth-order valence-electron chi connectivity index (χ4n) is 2.29. The van der Waals surface area contributed by atoms with Gasteiger partial charge in [-0.2, -0.15) is 0 Å². The Morgan fingerprint density at radius 1 is 1.30 bits per heavy atom. The van der Waals surface area contributed by atoms with Gasteiger partial charge in [0.15, 0.2) is 0 Å². The Bertz CT molecular complexity index is 557. The fraction of sp³-hybridized carbons (Fsp3) is 0.529. The predicted octanol–water partition coefficient (Wildman–Crippen LogP) is 3.17. The average molecular weight is 336 g/mol. The molecule has 0 radical (unpaired) electrons. The van der Waals surface area contributed by atoms with Crippen molar-refractivity contribution in [2.45, 2.75) is 45.4 Å². The second kappa shape index (κ2) is 7.25. The van der Waals surface area contributed by atoms with Crippen molar-refractivity contribution in [3.8, 4) is 0 Å². The molecule has 1 aromatic carbocycles. The number of hydrogen-bond acceptors (Lipinski definition) is 4. The van der Waals surface area contributed by atoms with Gasteiger partial charge in [-0.1, -0.05) is 30.3 Å². The van der Waals surface area contributed by atoms with Crippen LogP contribution < -0.4 is 5.32 Å². The van der Waals surface area contributed by atoms with E-state index in [1.807, 2.05) is 58.0 Å². The van der Waals surface area contributed by atoms with Crippen LogP contribution >= 0.6 is 11.8 Å². The minimum Gasteiger partial charge on any atom is -0.444 e. The lowest BCUT2D eigenvalue weighted by atomic mass is 10.1. The molecular formula is C17H24N2O3S. The van der Waals surface area contributed by atoms with Gasteiger partial charge in [0.25, 0.3) is 0 Å². The van der Waals surface area contributed by atoms with Gasteiger partial charge in [0.1, 0.15) is 11.6 Å². The van der Waals surface area contributed by atoms with Crippen LogP contribution in [-0.2, 0) is 9.53 Å². The van der Waals surface area contributed by atoms with Crippen LogP contribution in [0.4, 0.5) is 4.79 Å². The van der Waals surface area contributed by atoms with Gasteiger partial charge >= 0.3 is 6.09 Å². The Balaban J connectivity index is 1.99. The second-order valence-electron chi connectivity index (χ2n) is 6.61. The van der Waals surface area contributed by atoms with Gasteiger partial charge in [-0.05, 0) is 33.3 Å². The van der Waals surface area contributed by atoms with Gasteiger partial charge in [-0.15, -0.1) is 11.8 Å². The summed E-state index contributed by atoms with van der Waals surface area (Å²) in [6.45, 7) is 7.40. The number of rotatable bonds is 3. The second-order valence-corrected chi connectivity index (χ2v) is 7.61. The van der Waals surface area contributed by atoms with Crippen molar-refractivity contribution >= 4 is 23.8 Å². The van der Waals surface area contributed by atoms with Gasteiger partial charge in [0.2, 0.25) is 5.91 Å². The summed E-state index contributed by atoms with van der Waals surface area (Å²) in [5.41, 5.74) is 0.471. The highest BCUT2D eigenvalue weighted by Gasteiger charge is 2.37. The van der Waals surface area contributed by atoms with Crippen LogP contribution in [0.3, 0.4) is 0 Å². The molecular weight excluding hydrogens is 312 g/mol. The van der Waals surface area contributed by atoms with Crippen molar-refractivity contribution in [2.24, 2.45) is 0 Å². The molecule has 1 unspecified atom stereocenters. The Hall–Kier alpha value is -1.69. The number of carbonyl (C=O) groups is 2. The lowest BCUT2D eigenvalue weighted by Crippen LogP contribution is -2.49. The minimum absolute atomic E-state index is 0.102. The normalized spacial score (nSPS) is 19.3. The topological polar surface area (TPSA) is 58.6 Å². The molecule has 0 bridgehead atoms. The maximum Gasteiger partial charge on any atom is 0.411 e. The molecule has 0 spiro atoms. The number of benzene rings is 1. The molecule has 0 saturated carbocycles. The highest BCUT2D eigenvalue weighted by Crippen LogP contribution is 2.24. The summed E-state index contributed by atoms with van der Waals surface area (Å²) in [5, 5.41) is 2.98. The summed E-state index contributed by atoms with van der Waals surface area (Å²) in [6.07, 6.45) is -0.435. The summed E-state index contributed by atoms with van der Waals surface area (Å²) >= 11 is 1.56. The molecule has 2 rings (SSSR count). The molecule has 1 heterocycles. The monoisotopic (exact) mass is 336 g/mol. The molecule has 1 aromatic rings. The predicted molar refractivity (Wildman–Crippen MR) is 92.2 cm³/mol. The molecule has 6 heteroatoms. The molecule has 1 aliphatic heterocycles. The molecule has 1 N–H and O–H groups in total. The van der Waals surface area contributed by atoms with Crippen molar-refractivity contribution in [1.82, 2.24) is 10.2 Å². The zero-order chi connectivity index (χ0) is 17.0. The Morgan fingerprint density at radius 2 is 1.96 bits per heavy atom. The van der Waals surface area contributed by atoms with Crippen LogP contribution in [0.25, 0.3) is 0 Å². The summed E-state index contributed by atoms with van der Waals surface area (Å²) in [6, 6.07) is 9.18. The van der Waals surface area contributed by atoms with Crippen LogP contribution in [0, 0.1) is 0 Å². The van der Waals surface area contributed by atoms with E-state index in [2.05, 4.69) is 5.32 Å². The SMILES string of the molecule is CC(NC(=O)[C@@H]1CSCN1C(=O)OC(C)(C)C)c1ccccc1. The molecule has 2 atom stereocenters. The van der Waals surface area contributed by atoms with Crippen LogP contribution in [0.2, 0.25) is 0 Å². The van der Waals surface area contributed by atoms with Gasteiger partial charge < -0.3 is 10.1 Å². The maximum absolute atomic E-state index is 12.5. The Kier molecular flexibility index (Phi) is 5.57. The van der Waals surface area contributed by atoms with E-state index in [4.69, 9.17) is 4.74 Å². The lowest BCUT2D eigenvalue weighted by Gasteiger charge is -2.28. The van der Waals surface area contributed by atoms with Crippen LogP contribution in [0.5, 0.6) is 0 Å². The fourth-order valence-corrected chi connectivity index (χ4v) is 3.44. The number of ether oxygens (including phenoxy) is 1. The van der Waals surface area contributed by atoms with E-state index in [-0.39, 0.29) is 11.9 Å². The van der Waals surface area contributed by atoms with Crippen molar-refractivity contribution < 1.29 is 14.3 Å². The van der Waals surface area contributed by atoms with E-state index < -0.39 is 17.7 Å². The first-order valence-electron chi connectivity index (χ1n) is 7.70. The van der Waals surface area contributed by atoms with Crippen molar-refractivity contribution in [2.75, 3.05) is 11.6 Å². The van der Waals surface area contributed by atoms with E-state index in [0.29, 0.717) is 11.6 Å². The molecule has 0 aromatic heterocycles. The smallest absolute Gasteiger partial charge is 0.411 e. The molecule has 1 fully saturated rings. The van der Waals surface area contributed by atoms with Crippen LogP contribution in [0.15, 0.2) is 30.3 Å². The van der Waals surface area contributed by atoms with Crippen molar-refractivity contribution in [3.63, 3.8) is 0 Å². The summed E-state index contributed by atoms with van der Waals surface area (Å²) in [4.78, 5) is 26.3. The van der Waals surface area contributed by atoms with Gasteiger partial charge in [0.05, 0.1) is 11.9 Å². The third kappa shape index (κ3) is 4.89. The van der Waals surface area contributed by atoms with Gasteiger partial charge in [-0.3, -0.25) is 9.69 Å².